The molecule has 3 heteroatoms. The van der Waals surface area contributed by atoms with Crippen molar-refractivity contribution in [3.63, 3.8) is 0 Å². The van der Waals surface area contributed by atoms with E-state index in [9.17, 15) is 9.90 Å². The summed E-state index contributed by atoms with van der Waals surface area (Å²) in [5.41, 5.74) is 2.66. The van der Waals surface area contributed by atoms with Gasteiger partial charge in [0.05, 0.1) is 5.92 Å². The summed E-state index contributed by atoms with van der Waals surface area (Å²) >= 11 is 0. The molecule has 0 spiro atoms. The van der Waals surface area contributed by atoms with Crippen molar-refractivity contribution in [1.29, 1.82) is 0 Å². The topological polar surface area (TPSA) is 46.5 Å². The summed E-state index contributed by atoms with van der Waals surface area (Å²) in [6.07, 6.45) is 15.2. The third kappa shape index (κ3) is 3.85. The standard InChI is InChI=1S/C40H64O3/c1-23(2)26-14-19-40(22-41)21-20-38(8)28(33(26)40)12-13-31-37(7)17-15-29(36(5,6)30(37)16-18-39(31,38)9)34-25(4)27-11-10-24(3)32(27)35(42)43-34/h24-34,41H,1,10-22H2,2-9H3/t24?,25?,26-,27?,28+,29?,30-,31+,32?,33+,34?,37-,38+,39+,40+/m0/s1. The molecule has 15 atom stereocenters. The molecule has 1 aliphatic heterocycles. The van der Waals surface area contributed by atoms with Crippen molar-refractivity contribution < 1.29 is 14.6 Å². The Morgan fingerprint density at radius 1 is 0.837 bits per heavy atom. The summed E-state index contributed by atoms with van der Waals surface area (Å²) in [5.74, 6) is 5.52. The summed E-state index contributed by atoms with van der Waals surface area (Å²) in [6.45, 7) is 25.1. The summed E-state index contributed by atoms with van der Waals surface area (Å²) in [7, 11) is 0. The van der Waals surface area contributed by atoms with Crippen molar-refractivity contribution in [2.24, 2.45) is 86.3 Å². The molecular formula is C40H64O3. The minimum Gasteiger partial charge on any atom is -0.462 e. The van der Waals surface area contributed by atoms with Crippen molar-refractivity contribution in [1.82, 2.24) is 0 Å². The third-order valence-electron chi connectivity index (χ3n) is 17.8. The molecule has 1 N–H and O–H groups in total. The van der Waals surface area contributed by atoms with Crippen molar-refractivity contribution >= 4 is 5.97 Å². The van der Waals surface area contributed by atoms with E-state index in [-0.39, 0.29) is 28.8 Å². The van der Waals surface area contributed by atoms with Gasteiger partial charge in [0.25, 0.3) is 0 Å². The zero-order chi connectivity index (χ0) is 30.9. The molecule has 7 fully saturated rings. The second-order valence-electron chi connectivity index (χ2n) is 19.2. The Labute approximate surface area is 263 Å². The van der Waals surface area contributed by atoms with Crippen LogP contribution in [0.3, 0.4) is 0 Å². The van der Waals surface area contributed by atoms with Crippen LogP contribution in [0.1, 0.15) is 132 Å². The number of aliphatic hydroxyl groups is 1. The smallest absolute Gasteiger partial charge is 0.309 e. The van der Waals surface area contributed by atoms with Crippen LogP contribution in [0.4, 0.5) is 0 Å². The molecule has 6 saturated carbocycles. The van der Waals surface area contributed by atoms with Crippen LogP contribution in [0.25, 0.3) is 0 Å². The van der Waals surface area contributed by atoms with Gasteiger partial charge >= 0.3 is 5.97 Å². The van der Waals surface area contributed by atoms with Crippen molar-refractivity contribution in [3.05, 3.63) is 12.2 Å². The average molecular weight is 593 g/mol. The van der Waals surface area contributed by atoms with Crippen LogP contribution in [0.15, 0.2) is 12.2 Å². The Balaban J connectivity index is 1.18. The fourth-order valence-electron chi connectivity index (χ4n) is 15.4. The van der Waals surface area contributed by atoms with Gasteiger partial charge in [-0.05, 0) is 158 Å². The van der Waals surface area contributed by atoms with E-state index in [1.165, 1.54) is 82.6 Å². The van der Waals surface area contributed by atoms with Crippen LogP contribution in [0, 0.1) is 86.3 Å². The molecule has 43 heavy (non-hydrogen) atoms. The van der Waals surface area contributed by atoms with Crippen LogP contribution >= 0.6 is 0 Å². The Bertz CT molecular complexity index is 1160. The number of aliphatic hydroxyl groups excluding tert-OH is 1. The number of cyclic esters (lactones) is 1. The van der Waals surface area contributed by atoms with Gasteiger partial charge in [0.1, 0.15) is 6.10 Å². The Morgan fingerprint density at radius 3 is 2.28 bits per heavy atom. The minimum absolute atomic E-state index is 0.0894. The van der Waals surface area contributed by atoms with Crippen molar-refractivity contribution in [2.75, 3.05) is 6.61 Å². The van der Waals surface area contributed by atoms with Crippen molar-refractivity contribution in [3.8, 4) is 0 Å². The predicted molar refractivity (Wildman–Crippen MR) is 174 cm³/mol. The van der Waals surface area contributed by atoms with E-state index in [1.54, 1.807) is 0 Å². The molecule has 0 radical (unpaired) electrons. The number of allylic oxidation sites excluding steroid dienone is 1. The average Bonchev–Trinajstić information content (AvgIpc) is 3.53. The van der Waals surface area contributed by atoms with Gasteiger partial charge in [-0.3, -0.25) is 4.79 Å². The quantitative estimate of drug-likeness (QED) is 0.262. The first-order chi connectivity index (χ1) is 20.2. The molecule has 7 rings (SSSR count). The maximum atomic E-state index is 13.4. The molecule has 6 unspecified atom stereocenters. The van der Waals surface area contributed by atoms with Gasteiger partial charge in [-0.25, -0.2) is 0 Å². The highest BCUT2D eigenvalue weighted by Crippen LogP contribution is 2.78. The zero-order valence-corrected chi connectivity index (χ0v) is 29.0. The second-order valence-corrected chi connectivity index (χ2v) is 19.2. The third-order valence-corrected chi connectivity index (χ3v) is 17.8. The molecule has 6 aliphatic carbocycles. The molecule has 1 saturated heterocycles. The number of ether oxygens (including phenoxy) is 1. The number of carbonyl (C=O) groups excluding carboxylic acids is 1. The lowest BCUT2D eigenvalue weighted by molar-refractivity contribution is -0.253. The van der Waals surface area contributed by atoms with E-state index in [0.29, 0.717) is 70.2 Å². The second kappa shape index (κ2) is 9.84. The summed E-state index contributed by atoms with van der Waals surface area (Å²) in [5, 5.41) is 10.8. The lowest BCUT2D eigenvalue weighted by atomic mass is 9.31. The normalized spacial score (nSPS) is 57.0. The molecule has 0 amide bonds. The fourth-order valence-corrected chi connectivity index (χ4v) is 15.4. The van der Waals surface area contributed by atoms with E-state index in [4.69, 9.17) is 4.74 Å². The largest absolute Gasteiger partial charge is 0.462 e. The first-order valence-electron chi connectivity index (χ1n) is 18.6. The van der Waals surface area contributed by atoms with Gasteiger partial charge in [-0.15, -0.1) is 0 Å². The molecule has 1 heterocycles. The van der Waals surface area contributed by atoms with Gasteiger partial charge in [0, 0.05) is 12.5 Å². The lowest BCUT2D eigenvalue weighted by Crippen LogP contribution is -2.67. The molecule has 0 aromatic carbocycles. The van der Waals surface area contributed by atoms with Gasteiger partial charge < -0.3 is 9.84 Å². The van der Waals surface area contributed by atoms with E-state index in [1.807, 2.05) is 0 Å². The summed E-state index contributed by atoms with van der Waals surface area (Å²) in [6, 6.07) is 0. The molecule has 242 valence electrons. The summed E-state index contributed by atoms with van der Waals surface area (Å²) in [4.78, 5) is 13.4. The lowest BCUT2D eigenvalue weighted by Gasteiger charge is -2.73. The van der Waals surface area contributed by atoms with Gasteiger partial charge in [0.2, 0.25) is 0 Å². The number of fused-ring (bicyclic) bond motifs is 8. The predicted octanol–water partition coefficient (Wildman–Crippen LogP) is 9.48. The number of esters is 1. The first kappa shape index (κ1) is 30.8. The number of hydrogen-bond donors (Lipinski definition) is 1. The molecular weight excluding hydrogens is 528 g/mol. The molecule has 0 aromatic heterocycles. The first-order valence-corrected chi connectivity index (χ1v) is 18.6. The maximum absolute atomic E-state index is 13.4. The number of rotatable bonds is 3. The molecule has 0 aromatic rings. The molecule has 7 aliphatic rings. The minimum atomic E-state index is 0.0894. The van der Waals surface area contributed by atoms with Crippen LogP contribution in [0.5, 0.6) is 0 Å². The van der Waals surface area contributed by atoms with Crippen LogP contribution in [0.2, 0.25) is 0 Å². The number of hydrogen-bond acceptors (Lipinski definition) is 3. The van der Waals surface area contributed by atoms with Gasteiger partial charge in [0.15, 0.2) is 0 Å². The Hall–Kier alpha value is -0.830. The Morgan fingerprint density at radius 2 is 1.58 bits per heavy atom. The SMILES string of the molecule is C=C(C)[C@@H]1CC[C@]2(CO)CC[C@]3(C)[C@H](CC[C@@H]4[C@@]5(C)CCC(C6OC(=O)C7C(C)CCC7C6C)C(C)(C)[C@@H]5CC[C@]43C)[C@@H]12. The van der Waals surface area contributed by atoms with E-state index in [0.717, 1.165) is 5.92 Å². The van der Waals surface area contributed by atoms with Gasteiger partial charge in [-0.2, -0.15) is 0 Å². The highest BCUT2D eigenvalue weighted by molar-refractivity contribution is 5.74. The van der Waals surface area contributed by atoms with Gasteiger partial charge in [-0.1, -0.05) is 60.6 Å². The van der Waals surface area contributed by atoms with E-state index in [2.05, 4.69) is 62.0 Å². The molecule has 0 bridgehead atoms. The monoisotopic (exact) mass is 592 g/mol. The summed E-state index contributed by atoms with van der Waals surface area (Å²) < 4.78 is 6.51. The van der Waals surface area contributed by atoms with Crippen LogP contribution in [-0.2, 0) is 9.53 Å². The van der Waals surface area contributed by atoms with E-state index >= 15 is 0 Å². The van der Waals surface area contributed by atoms with E-state index < -0.39 is 0 Å². The van der Waals surface area contributed by atoms with Crippen LogP contribution in [-0.4, -0.2) is 23.8 Å². The Kier molecular flexibility index (Phi) is 7.05. The maximum Gasteiger partial charge on any atom is 0.309 e. The highest BCUT2D eigenvalue weighted by Gasteiger charge is 2.71. The van der Waals surface area contributed by atoms with Crippen LogP contribution < -0.4 is 0 Å². The zero-order valence-electron chi connectivity index (χ0n) is 29.0. The van der Waals surface area contributed by atoms with Crippen molar-refractivity contribution in [2.45, 2.75) is 139 Å². The fraction of sp³-hybridized carbons (Fsp3) is 0.925. The highest BCUT2D eigenvalue weighted by atomic mass is 16.5. The number of carbonyl (C=O) groups is 1. The molecule has 3 nitrogen and oxygen atoms in total.